The highest BCUT2D eigenvalue weighted by Gasteiger charge is 2.18. The van der Waals surface area contributed by atoms with Crippen LogP contribution in [0.2, 0.25) is 0 Å². The van der Waals surface area contributed by atoms with Gasteiger partial charge in [0.25, 0.3) is 0 Å². The van der Waals surface area contributed by atoms with Gasteiger partial charge in [-0.1, -0.05) is 164 Å². The number of anilines is 2. The molecule has 2 heterocycles. The van der Waals surface area contributed by atoms with Gasteiger partial charge < -0.3 is 9.47 Å². The number of rotatable bonds is 9. The van der Waals surface area contributed by atoms with Gasteiger partial charge in [-0.05, 0) is 106 Å². The van der Waals surface area contributed by atoms with Gasteiger partial charge in [-0.2, -0.15) is 0 Å². The van der Waals surface area contributed by atoms with Crippen LogP contribution in [0.4, 0.5) is 11.4 Å². The monoisotopic (exact) mass is 798 g/mol. The molecule has 0 N–H and O–H groups in total. The maximum atomic E-state index is 2.47. The van der Waals surface area contributed by atoms with E-state index in [1.807, 2.05) is 11.3 Å². The number of hydrogen-bond donors (Lipinski definition) is 0. The number of thiophene rings is 1. The summed E-state index contributed by atoms with van der Waals surface area (Å²) in [5, 5.41) is 7.66. The molecule has 0 saturated heterocycles. The molecule has 11 aromatic rings. The number of allylic oxidation sites excluding steroid dienone is 3. The molecular formula is C58H42N2S. The van der Waals surface area contributed by atoms with Gasteiger partial charge in [-0.15, -0.1) is 11.3 Å². The van der Waals surface area contributed by atoms with Gasteiger partial charge >= 0.3 is 0 Å². The second-order valence-corrected chi connectivity index (χ2v) is 16.7. The van der Waals surface area contributed by atoms with Crippen molar-refractivity contribution in [3.05, 3.63) is 224 Å². The van der Waals surface area contributed by atoms with Crippen LogP contribution in [0.1, 0.15) is 6.92 Å². The summed E-state index contributed by atoms with van der Waals surface area (Å²) < 4.78 is 5.03. The number of aromatic nitrogens is 1. The zero-order chi connectivity index (χ0) is 40.7. The Morgan fingerprint density at radius 3 is 1.77 bits per heavy atom. The van der Waals surface area contributed by atoms with E-state index >= 15 is 0 Å². The van der Waals surface area contributed by atoms with Crippen molar-refractivity contribution in [3.8, 4) is 33.4 Å². The smallest absolute Gasteiger partial charge is 0.0540 e. The van der Waals surface area contributed by atoms with Crippen molar-refractivity contribution in [2.45, 2.75) is 6.92 Å². The Morgan fingerprint density at radius 2 is 1.03 bits per heavy atom. The number of hydrogen-bond acceptors (Lipinski definition) is 2. The van der Waals surface area contributed by atoms with E-state index in [0.29, 0.717) is 6.54 Å². The molecule has 0 unspecified atom stereocenters. The first kappa shape index (κ1) is 36.6. The lowest BCUT2D eigenvalue weighted by atomic mass is 9.98. The SMILES string of the molecule is C/C=C\C(=C/CN(c1ccc(-c2ccc(-c3ccc4ccccc4c3)cc2)cc1)c1ccccc1-c1ccc2c(c1)sc1ccccc12)n1c2ccccc2c2ccccc21. The zero-order valence-electron chi connectivity index (χ0n) is 33.9. The summed E-state index contributed by atoms with van der Waals surface area (Å²) in [6.07, 6.45) is 6.77. The maximum absolute atomic E-state index is 2.47. The molecule has 9 aromatic carbocycles. The minimum absolute atomic E-state index is 0.655. The third kappa shape index (κ3) is 6.70. The molecule has 0 atom stereocenters. The molecule has 290 valence electrons. The Bertz CT molecular complexity index is 3400. The normalized spacial score (nSPS) is 12.1. The third-order valence-electron chi connectivity index (χ3n) is 12.0. The van der Waals surface area contributed by atoms with Gasteiger partial charge in [0.1, 0.15) is 0 Å². The average molecular weight is 799 g/mol. The number of fused-ring (bicyclic) bond motifs is 7. The number of benzene rings is 9. The van der Waals surface area contributed by atoms with Gasteiger partial charge in [-0.3, -0.25) is 0 Å². The molecule has 61 heavy (non-hydrogen) atoms. The quantitative estimate of drug-likeness (QED) is 0.132. The van der Waals surface area contributed by atoms with Crippen molar-refractivity contribution < 1.29 is 0 Å². The Labute approximate surface area is 360 Å². The molecular weight excluding hydrogens is 757 g/mol. The summed E-state index contributed by atoms with van der Waals surface area (Å²) in [5.74, 6) is 0. The van der Waals surface area contributed by atoms with E-state index in [4.69, 9.17) is 0 Å². The summed E-state index contributed by atoms with van der Waals surface area (Å²) in [4.78, 5) is 2.47. The van der Waals surface area contributed by atoms with E-state index in [2.05, 4.69) is 241 Å². The third-order valence-corrected chi connectivity index (χ3v) is 13.2. The summed E-state index contributed by atoms with van der Waals surface area (Å²) >= 11 is 1.87. The molecule has 0 radical (unpaired) electrons. The Balaban J connectivity index is 1.00. The molecule has 2 nitrogen and oxygen atoms in total. The van der Waals surface area contributed by atoms with Gasteiger partial charge in [-0.25, -0.2) is 0 Å². The molecule has 0 fully saturated rings. The lowest BCUT2D eigenvalue weighted by molar-refractivity contribution is 1.09. The van der Waals surface area contributed by atoms with Crippen molar-refractivity contribution in [1.82, 2.24) is 4.57 Å². The Kier molecular flexibility index (Phi) is 9.37. The fourth-order valence-corrected chi connectivity index (χ4v) is 10.2. The molecule has 0 aliphatic heterocycles. The molecule has 0 bridgehead atoms. The van der Waals surface area contributed by atoms with Crippen LogP contribution in [-0.4, -0.2) is 11.1 Å². The first-order valence-corrected chi connectivity index (χ1v) is 21.8. The van der Waals surface area contributed by atoms with E-state index < -0.39 is 0 Å². The predicted molar refractivity (Wildman–Crippen MR) is 265 cm³/mol. The molecule has 0 saturated carbocycles. The topological polar surface area (TPSA) is 8.17 Å². The second-order valence-electron chi connectivity index (χ2n) is 15.6. The van der Waals surface area contributed by atoms with Crippen LogP contribution in [0.25, 0.3) is 91.8 Å². The number of para-hydroxylation sites is 3. The maximum Gasteiger partial charge on any atom is 0.0540 e. The number of nitrogens with zero attached hydrogens (tertiary/aromatic N) is 2. The van der Waals surface area contributed by atoms with Crippen LogP contribution in [0, 0.1) is 0 Å². The summed E-state index contributed by atoms with van der Waals surface area (Å²) in [5.41, 5.74) is 13.1. The van der Waals surface area contributed by atoms with Crippen LogP contribution >= 0.6 is 11.3 Å². The van der Waals surface area contributed by atoms with E-state index in [9.17, 15) is 0 Å². The van der Waals surface area contributed by atoms with Gasteiger partial charge in [0.2, 0.25) is 0 Å². The Morgan fingerprint density at radius 1 is 0.475 bits per heavy atom. The van der Waals surface area contributed by atoms with E-state index in [1.165, 1.54) is 86.1 Å². The molecule has 2 aromatic heterocycles. The highest BCUT2D eigenvalue weighted by atomic mass is 32.1. The molecule has 11 rings (SSSR count). The second kappa shape index (κ2) is 15.6. The highest BCUT2D eigenvalue weighted by molar-refractivity contribution is 7.25. The lowest BCUT2D eigenvalue weighted by Crippen LogP contribution is -2.18. The van der Waals surface area contributed by atoms with Crippen molar-refractivity contribution in [1.29, 1.82) is 0 Å². The first-order chi connectivity index (χ1) is 30.2. The molecule has 3 heteroatoms. The Hall–Kier alpha value is -7.46. The predicted octanol–water partition coefficient (Wildman–Crippen LogP) is 16.6. The summed E-state index contributed by atoms with van der Waals surface area (Å²) in [6, 6.07) is 75.4. The van der Waals surface area contributed by atoms with Crippen molar-refractivity contribution in [2.24, 2.45) is 0 Å². The van der Waals surface area contributed by atoms with Crippen LogP contribution in [-0.2, 0) is 0 Å². The fourth-order valence-electron chi connectivity index (χ4n) is 9.04. The average Bonchev–Trinajstić information content (AvgIpc) is 3.87. The van der Waals surface area contributed by atoms with E-state index in [1.54, 1.807) is 0 Å². The fraction of sp³-hybridized carbons (Fsp3) is 0.0345. The van der Waals surface area contributed by atoms with Crippen LogP contribution < -0.4 is 4.90 Å². The largest absolute Gasteiger partial charge is 0.337 e. The minimum atomic E-state index is 0.655. The molecule has 0 aliphatic rings. The standard InChI is InChI=1S/C58H42N2S/c1-2-13-48(60-55-21-10-6-17-50(55)51-18-7-11-22-56(51)60)36-37-59(54-20-9-5-16-49(54)46-32-35-53-52-19-8-12-23-57(52)61-58(53)39-46)47-33-30-42(31-34-47)41-24-26-43(27-25-41)45-29-28-40-14-3-4-15-44(40)38-45/h2-36,38-39H,37H2,1H3/b13-2-,48-36+. The minimum Gasteiger partial charge on any atom is -0.337 e. The highest BCUT2D eigenvalue weighted by Crippen LogP contribution is 2.41. The van der Waals surface area contributed by atoms with E-state index in [0.717, 1.165) is 17.1 Å². The van der Waals surface area contributed by atoms with Crippen molar-refractivity contribution in [3.63, 3.8) is 0 Å². The van der Waals surface area contributed by atoms with Crippen molar-refractivity contribution >= 4 is 81.2 Å². The van der Waals surface area contributed by atoms with Gasteiger partial charge in [0.15, 0.2) is 0 Å². The summed E-state index contributed by atoms with van der Waals surface area (Å²) in [7, 11) is 0. The first-order valence-electron chi connectivity index (χ1n) is 21.0. The lowest BCUT2D eigenvalue weighted by Gasteiger charge is -2.27. The van der Waals surface area contributed by atoms with Crippen molar-refractivity contribution in [2.75, 3.05) is 11.4 Å². The molecule has 0 aliphatic carbocycles. The van der Waals surface area contributed by atoms with Crippen LogP contribution in [0.5, 0.6) is 0 Å². The van der Waals surface area contributed by atoms with E-state index in [-0.39, 0.29) is 0 Å². The summed E-state index contributed by atoms with van der Waals surface area (Å²) in [6.45, 7) is 2.76. The zero-order valence-corrected chi connectivity index (χ0v) is 34.7. The molecule has 0 amide bonds. The van der Waals surface area contributed by atoms with Crippen LogP contribution in [0.3, 0.4) is 0 Å². The molecule has 0 spiro atoms. The van der Waals surface area contributed by atoms with Gasteiger partial charge in [0, 0.05) is 60.1 Å². The van der Waals surface area contributed by atoms with Gasteiger partial charge in [0.05, 0.1) is 11.0 Å². The van der Waals surface area contributed by atoms with Crippen LogP contribution in [0.15, 0.2) is 224 Å².